The molecule has 1 aliphatic heterocycles. The standard InChI is InChI=1S/C22H37N3O/c1-14(2)7-8-25-13-18-11-17(9-15(3)4)19(23)12-20(18)24-21(22(25)26)10-16(5)6/h11-12,14-16,21,24H,7-10,13,23H2,1-6H3/t21-/m0/s1. The largest absolute Gasteiger partial charge is 0.398 e. The normalized spacial score (nSPS) is 17.7. The molecule has 3 N–H and O–H groups in total. The number of fused-ring (bicyclic) bond motifs is 1. The molecule has 0 fully saturated rings. The molecule has 0 aliphatic carbocycles. The van der Waals surface area contributed by atoms with Crippen molar-refractivity contribution in [2.24, 2.45) is 17.8 Å². The Morgan fingerprint density at radius 2 is 1.81 bits per heavy atom. The number of nitrogens with one attached hydrogen (secondary N) is 1. The Kier molecular flexibility index (Phi) is 6.96. The van der Waals surface area contributed by atoms with E-state index < -0.39 is 0 Å². The molecular formula is C22H37N3O. The number of carbonyl (C=O) groups is 1. The predicted molar refractivity (Wildman–Crippen MR) is 111 cm³/mol. The molecule has 26 heavy (non-hydrogen) atoms. The second-order valence-electron chi connectivity index (χ2n) is 9.07. The third-order valence-corrected chi connectivity index (χ3v) is 4.98. The predicted octanol–water partition coefficient (Wildman–Crippen LogP) is 4.68. The number of rotatable bonds is 7. The van der Waals surface area contributed by atoms with Crippen LogP contribution in [0.2, 0.25) is 0 Å². The summed E-state index contributed by atoms with van der Waals surface area (Å²) in [7, 11) is 0. The number of anilines is 2. The second-order valence-corrected chi connectivity index (χ2v) is 9.07. The van der Waals surface area contributed by atoms with Crippen LogP contribution in [0.15, 0.2) is 12.1 Å². The number of hydrogen-bond acceptors (Lipinski definition) is 3. The molecule has 1 aromatic rings. The van der Waals surface area contributed by atoms with Crippen LogP contribution in [0.3, 0.4) is 0 Å². The molecule has 2 rings (SSSR count). The first kappa shape index (κ1) is 20.6. The summed E-state index contributed by atoms with van der Waals surface area (Å²) in [6.45, 7) is 14.7. The van der Waals surface area contributed by atoms with Gasteiger partial charge in [0.2, 0.25) is 5.91 Å². The van der Waals surface area contributed by atoms with E-state index in [1.165, 1.54) is 11.1 Å². The van der Waals surface area contributed by atoms with E-state index in [4.69, 9.17) is 5.73 Å². The highest BCUT2D eigenvalue weighted by Crippen LogP contribution is 2.31. The Hall–Kier alpha value is -1.71. The summed E-state index contributed by atoms with van der Waals surface area (Å²) in [5, 5.41) is 3.51. The Morgan fingerprint density at radius 1 is 1.12 bits per heavy atom. The fourth-order valence-electron chi connectivity index (χ4n) is 3.58. The lowest BCUT2D eigenvalue weighted by Crippen LogP contribution is -2.41. The van der Waals surface area contributed by atoms with E-state index in [0.717, 1.165) is 37.2 Å². The maximum absolute atomic E-state index is 13.1. The molecule has 0 aromatic heterocycles. The van der Waals surface area contributed by atoms with Crippen LogP contribution in [0.25, 0.3) is 0 Å². The van der Waals surface area contributed by atoms with Crippen LogP contribution in [-0.2, 0) is 17.8 Å². The van der Waals surface area contributed by atoms with Crippen molar-refractivity contribution in [3.63, 3.8) is 0 Å². The first-order valence-corrected chi connectivity index (χ1v) is 10.1. The van der Waals surface area contributed by atoms with E-state index in [9.17, 15) is 4.79 Å². The summed E-state index contributed by atoms with van der Waals surface area (Å²) >= 11 is 0. The van der Waals surface area contributed by atoms with Crippen LogP contribution < -0.4 is 11.1 Å². The summed E-state index contributed by atoms with van der Waals surface area (Å²) in [4.78, 5) is 15.2. The van der Waals surface area contributed by atoms with Crippen LogP contribution in [0.4, 0.5) is 11.4 Å². The van der Waals surface area contributed by atoms with Gasteiger partial charge in [0, 0.05) is 24.5 Å². The van der Waals surface area contributed by atoms with Crippen LogP contribution >= 0.6 is 0 Å². The average molecular weight is 360 g/mol. The maximum Gasteiger partial charge on any atom is 0.245 e. The highest BCUT2D eigenvalue weighted by molar-refractivity contribution is 5.87. The van der Waals surface area contributed by atoms with E-state index in [0.29, 0.717) is 24.3 Å². The van der Waals surface area contributed by atoms with Gasteiger partial charge in [-0.25, -0.2) is 0 Å². The quantitative estimate of drug-likeness (QED) is 0.695. The molecule has 0 bridgehead atoms. The van der Waals surface area contributed by atoms with Crippen molar-refractivity contribution in [3.8, 4) is 0 Å². The van der Waals surface area contributed by atoms with Gasteiger partial charge in [-0.1, -0.05) is 41.5 Å². The van der Waals surface area contributed by atoms with E-state index >= 15 is 0 Å². The van der Waals surface area contributed by atoms with Crippen LogP contribution in [0, 0.1) is 17.8 Å². The highest BCUT2D eigenvalue weighted by atomic mass is 16.2. The fraction of sp³-hybridized carbons (Fsp3) is 0.682. The number of carbonyl (C=O) groups excluding carboxylic acids is 1. The van der Waals surface area contributed by atoms with Crippen molar-refractivity contribution in [3.05, 3.63) is 23.3 Å². The molecule has 0 unspecified atom stereocenters. The third kappa shape index (κ3) is 5.39. The SMILES string of the molecule is CC(C)CCN1Cc2cc(CC(C)C)c(N)cc2N[C@@H](CC(C)C)C1=O. The number of nitrogens with two attached hydrogens (primary N) is 1. The van der Waals surface area contributed by atoms with Crippen molar-refractivity contribution in [1.82, 2.24) is 4.90 Å². The zero-order valence-electron chi connectivity index (χ0n) is 17.4. The third-order valence-electron chi connectivity index (χ3n) is 4.98. The van der Waals surface area contributed by atoms with Gasteiger partial charge in [0.25, 0.3) is 0 Å². The molecule has 1 aliphatic rings. The molecule has 0 saturated heterocycles. The van der Waals surface area contributed by atoms with Gasteiger partial charge in [0.1, 0.15) is 6.04 Å². The van der Waals surface area contributed by atoms with E-state index in [1.54, 1.807) is 0 Å². The fourth-order valence-corrected chi connectivity index (χ4v) is 3.58. The Labute approximate surface area is 159 Å². The first-order chi connectivity index (χ1) is 12.2. The number of benzene rings is 1. The van der Waals surface area contributed by atoms with Gasteiger partial charge < -0.3 is 16.0 Å². The van der Waals surface area contributed by atoms with Crippen LogP contribution in [0.1, 0.15) is 65.5 Å². The van der Waals surface area contributed by atoms with Gasteiger partial charge in [-0.15, -0.1) is 0 Å². The molecule has 1 heterocycles. The molecular weight excluding hydrogens is 322 g/mol. The van der Waals surface area contributed by atoms with E-state index in [1.807, 2.05) is 11.0 Å². The summed E-state index contributed by atoms with van der Waals surface area (Å²) in [5.74, 6) is 1.83. The topological polar surface area (TPSA) is 58.4 Å². The lowest BCUT2D eigenvalue weighted by Gasteiger charge is -2.26. The van der Waals surface area contributed by atoms with E-state index in [-0.39, 0.29) is 11.9 Å². The van der Waals surface area contributed by atoms with Gasteiger partial charge in [-0.3, -0.25) is 4.79 Å². The van der Waals surface area contributed by atoms with Crippen molar-refractivity contribution < 1.29 is 4.79 Å². The number of nitrogen functional groups attached to an aromatic ring is 1. The minimum atomic E-state index is -0.168. The van der Waals surface area contributed by atoms with Crippen molar-refractivity contribution in [2.75, 3.05) is 17.6 Å². The number of amides is 1. The van der Waals surface area contributed by atoms with Crippen molar-refractivity contribution in [1.29, 1.82) is 0 Å². The summed E-state index contributed by atoms with van der Waals surface area (Å²) in [5.41, 5.74) is 10.6. The van der Waals surface area contributed by atoms with Gasteiger partial charge in [0.15, 0.2) is 0 Å². The average Bonchev–Trinajstić information content (AvgIpc) is 2.63. The molecule has 1 atom stereocenters. The molecule has 1 amide bonds. The molecule has 146 valence electrons. The summed E-state index contributed by atoms with van der Waals surface area (Å²) < 4.78 is 0. The smallest absolute Gasteiger partial charge is 0.245 e. The summed E-state index contributed by atoms with van der Waals surface area (Å²) in [6, 6.07) is 4.09. The van der Waals surface area contributed by atoms with Gasteiger partial charge in [-0.2, -0.15) is 0 Å². The Morgan fingerprint density at radius 3 is 2.38 bits per heavy atom. The minimum Gasteiger partial charge on any atom is -0.398 e. The monoisotopic (exact) mass is 359 g/mol. The first-order valence-electron chi connectivity index (χ1n) is 10.1. The Balaban J connectivity index is 2.36. The number of nitrogens with zero attached hydrogens (tertiary/aromatic N) is 1. The molecule has 4 nitrogen and oxygen atoms in total. The van der Waals surface area contributed by atoms with Crippen molar-refractivity contribution >= 4 is 17.3 Å². The van der Waals surface area contributed by atoms with Gasteiger partial charge >= 0.3 is 0 Å². The summed E-state index contributed by atoms with van der Waals surface area (Å²) in [6.07, 6.45) is 2.84. The lowest BCUT2D eigenvalue weighted by molar-refractivity contribution is -0.132. The minimum absolute atomic E-state index is 0.168. The van der Waals surface area contributed by atoms with Gasteiger partial charge in [0.05, 0.1) is 0 Å². The Bertz CT molecular complexity index is 622. The molecule has 0 spiro atoms. The van der Waals surface area contributed by atoms with Crippen LogP contribution in [0.5, 0.6) is 0 Å². The maximum atomic E-state index is 13.1. The van der Waals surface area contributed by atoms with Gasteiger partial charge in [-0.05, 0) is 60.3 Å². The molecule has 1 aromatic carbocycles. The highest BCUT2D eigenvalue weighted by Gasteiger charge is 2.30. The number of hydrogen-bond donors (Lipinski definition) is 2. The molecule has 4 heteroatoms. The van der Waals surface area contributed by atoms with Crippen molar-refractivity contribution in [2.45, 2.75) is 73.4 Å². The van der Waals surface area contributed by atoms with Crippen LogP contribution in [-0.4, -0.2) is 23.4 Å². The second kappa shape index (κ2) is 8.79. The van der Waals surface area contributed by atoms with E-state index in [2.05, 4.69) is 52.9 Å². The molecule has 0 radical (unpaired) electrons. The molecule has 0 saturated carbocycles. The zero-order chi connectivity index (χ0) is 19.4. The lowest BCUT2D eigenvalue weighted by atomic mass is 9.97. The zero-order valence-corrected chi connectivity index (χ0v) is 17.4.